The average Bonchev–Trinajstić information content (AvgIpc) is 2.66. The summed E-state index contributed by atoms with van der Waals surface area (Å²) in [5.41, 5.74) is 2.12. The van der Waals surface area contributed by atoms with E-state index in [1.807, 2.05) is 26.0 Å². The van der Waals surface area contributed by atoms with Crippen LogP contribution in [-0.2, 0) is 16.0 Å². The zero-order chi connectivity index (χ0) is 14.7. The highest BCUT2D eigenvalue weighted by Crippen LogP contribution is 2.33. The summed E-state index contributed by atoms with van der Waals surface area (Å²) in [7, 11) is 0. The van der Waals surface area contributed by atoms with Crippen LogP contribution in [0.15, 0.2) is 24.3 Å². The second-order valence-electron chi connectivity index (χ2n) is 5.56. The third-order valence-corrected chi connectivity index (χ3v) is 4.55. The molecule has 0 bridgehead atoms. The van der Waals surface area contributed by atoms with Crippen molar-refractivity contribution in [3.8, 4) is 0 Å². The Morgan fingerprint density at radius 1 is 1.20 bits per heavy atom. The maximum atomic E-state index is 12.4. The first kappa shape index (κ1) is 15.5. The van der Waals surface area contributed by atoms with Gasteiger partial charge in [-0.2, -0.15) is 0 Å². The van der Waals surface area contributed by atoms with Crippen molar-refractivity contribution in [1.82, 2.24) is 0 Å². The summed E-state index contributed by atoms with van der Waals surface area (Å²) in [4.78, 5) is 12.4. The number of ether oxygens (including phenoxy) is 1. The van der Waals surface area contributed by atoms with E-state index in [0.29, 0.717) is 0 Å². The van der Waals surface area contributed by atoms with Gasteiger partial charge in [-0.1, -0.05) is 35.0 Å². The monoisotopic (exact) mass is 339 g/mol. The lowest BCUT2D eigenvalue weighted by Crippen LogP contribution is -2.31. The Bertz CT molecular complexity index is 460. The average molecular weight is 340 g/mol. The number of carbonyl (C=O) groups is 1. The summed E-state index contributed by atoms with van der Waals surface area (Å²) in [6, 6.07) is 8.03. The molecular weight excluding hydrogens is 318 g/mol. The number of rotatable bonds is 4. The van der Waals surface area contributed by atoms with Crippen LogP contribution in [0.1, 0.15) is 26.3 Å². The van der Waals surface area contributed by atoms with Gasteiger partial charge in [-0.3, -0.25) is 4.79 Å². The highest BCUT2D eigenvalue weighted by molar-refractivity contribution is 9.09. The van der Waals surface area contributed by atoms with Crippen LogP contribution in [0.25, 0.3) is 0 Å². The van der Waals surface area contributed by atoms with Crippen molar-refractivity contribution in [1.29, 1.82) is 0 Å². The maximum Gasteiger partial charge on any atom is 0.230 e. The highest BCUT2D eigenvalue weighted by Gasteiger charge is 2.41. The van der Waals surface area contributed by atoms with Gasteiger partial charge in [-0.05, 0) is 43.9 Å². The molecule has 1 aliphatic heterocycles. The summed E-state index contributed by atoms with van der Waals surface area (Å²) in [6.07, 6.45) is 1.12. The van der Waals surface area contributed by atoms with Crippen LogP contribution in [0.4, 0.5) is 5.69 Å². The van der Waals surface area contributed by atoms with Crippen molar-refractivity contribution in [2.45, 2.75) is 39.4 Å². The van der Waals surface area contributed by atoms with E-state index < -0.39 is 0 Å². The number of alkyl halides is 1. The van der Waals surface area contributed by atoms with Crippen LogP contribution < -0.4 is 5.32 Å². The molecule has 1 aromatic carbocycles. The summed E-state index contributed by atoms with van der Waals surface area (Å²) < 4.78 is 5.73. The molecule has 0 aromatic heterocycles. The Labute approximate surface area is 129 Å². The third-order valence-electron chi connectivity index (χ3n) is 4.15. The summed E-state index contributed by atoms with van der Waals surface area (Å²) in [5, 5.41) is 3.95. The van der Waals surface area contributed by atoms with E-state index in [0.717, 1.165) is 17.4 Å². The van der Waals surface area contributed by atoms with Gasteiger partial charge in [0, 0.05) is 11.0 Å². The molecule has 0 aliphatic carbocycles. The molecule has 1 N–H and O–H groups in total. The van der Waals surface area contributed by atoms with Gasteiger partial charge in [0.15, 0.2) is 0 Å². The Balaban J connectivity index is 2.00. The van der Waals surface area contributed by atoms with Crippen LogP contribution in [-0.4, -0.2) is 23.4 Å². The SMILES string of the molecule is CC1OC(C)C(C(=O)Nc2ccc(CCBr)cc2)C1C. The lowest BCUT2D eigenvalue weighted by Gasteiger charge is -2.18. The Hall–Kier alpha value is -0.870. The summed E-state index contributed by atoms with van der Waals surface area (Å²) in [5.74, 6) is 0.229. The van der Waals surface area contributed by atoms with Gasteiger partial charge in [-0.15, -0.1) is 0 Å². The smallest absolute Gasteiger partial charge is 0.230 e. The first-order chi connectivity index (χ1) is 9.52. The van der Waals surface area contributed by atoms with E-state index in [-0.39, 0.29) is 30.0 Å². The molecule has 1 aliphatic rings. The standard InChI is InChI=1S/C16H22BrNO2/c1-10-11(2)20-12(3)15(10)16(19)18-14-6-4-13(5-7-14)8-9-17/h4-7,10-12,15H,8-9H2,1-3H3,(H,18,19). The van der Waals surface area contributed by atoms with Crippen molar-refractivity contribution in [3.63, 3.8) is 0 Å². The second kappa shape index (κ2) is 6.72. The maximum absolute atomic E-state index is 12.4. The van der Waals surface area contributed by atoms with E-state index in [1.54, 1.807) is 0 Å². The van der Waals surface area contributed by atoms with Crippen LogP contribution in [0.2, 0.25) is 0 Å². The quantitative estimate of drug-likeness (QED) is 0.850. The molecule has 0 saturated carbocycles. The molecule has 4 heteroatoms. The zero-order valence-corrected chi connectivity index (χ0v) is 13.8. The Kier molecular flexibility index (Phi) is 5.22. The minimum atomic E-state index is -0.0766. The molecule has 1 fully saturated rings. The molecule has 4 unspecified atom stereocenters. The van der Waals surface area contributed by atoms with Crippen LogP contribution in [0, 0.1) is 11.8 Å². The molecule has 2 rings (SSSR count). The molecule has 110 valence electrons. The fourth-order valence-corrected chi connectivity index (χ4v) is 3.27. The van der Waals surface area contributed by atoms with Gasteiger partial charge < -0.3 is 10.1 Å². The predicted octanol–water partition coefficient (Wildman–Crippen LogP) is 3.62. The predicted molar refractivity (Wildman–Crippen MR) is 85.2 cm³/mol. The normalized spacial score (nSPS) is 29.4. The lowest BCUT2D eigenvalue weighted by atomic mass is 9.89. The van der Waals surface area contributed by atoms with Crippen molar-refractivity contribution in [2.75, 3.05) is 10.6 Å². The number of nitrogens with one attached hydrogen (secondary N) is 1. The van der Waals surface area contributed by atoms with E-state index in [2.05, 4.69) is 40.3 Å². The molecule has 3 nitrogen and oxygen atoms in total. The molecule has 0 spiro atoms. The number of hydrogen-bond acceptors (Lipinski definition) is 2. The van der Waals surface area contributed by atoms with Crippen molar-refractivity contribution in [2.24, 2.45) is 11.8 Å². The van der Waals surface area contributed by atoms with Gasteiger partial charge in [0.2, 0.25) is 5.91 Å². The van der Waals surface area contributed by atoms with E-state index in [9.17, 15) is 4.79 Å². The largest absolute Gasteiger partial charge is 0.374 e. The van der Waals surface area contributed by atoms with Gasteiger partial charge in [0.25, 0.3) is 0 Å². The third kappa shape index (κ3) is 3.41. The first-order valence-corrected chi connectivity index (χ1v) is 8.26. The minimum absolute atomic E-state index is 0.0207. The molecule has 1 amide bonds. The minimum Gasteiger partial charge on any atom is -0.374 e. The van der Waals surface area contributed by atoms with E-state index in [1.165, 1.54) is 5.56 Å². The van der Waals surface area contributed by atoms with Crippen molar-refractivity contribution < 1.29 is 9.53 Å². The molecular formula is C16H22BrNO2. The van der Waals surface area contributed by atoms with Crippen LogP contribution >= 0.6 is 15.9 Å². The van der Waals surface area contributed by atoms with Gasteiger partial charge in [0.1, 0.15) is 0 Å². The summed E-state index contributed by atoms with van der Waals surface area (Å²) in [6.45, 7) is 6.09. The van der Waals surface area contributed by atoms with E-state index >= 15 is 0 Å². The van der Waals surface area contributed by atoms with Gasteiger partial charge in [0.05, 0.1) is 18.1 Å². The number of aryl methyl sites for hydroxylation is 1. The number of halogens is 1. The van der Waals surface area contributed by atoms with Crippen LogP contribution in [0.3, 0.4) is 0 Å². The van der Waals surface area contributed by atoms with E-state index in [4.69, 9.17) is 4.74 Å². The number of benzene rings is 1. The topological polar surface area (TPSA) is 38.3 Å². The fourth-order valence-electron chi connectivity index (χ4n) is 2.81. The molecule has 1 heterocycles. The molecule has 1 saturated heterocycles. The fraction of sp³-hybridized carbons (Fsp3) is 0.562. The molecule has 0 radical (unpaired) electrons. The van der Waals surface area contributed by atoms with Gasteiger partial charge >= 0.3 is 0 Å². The van der Waals surface area contributed by atoms with Crippen molar-refractivity contribution in [3.05, 3.63) is 29.8 Å². The molecule has 20 heavy (non-hydrogen) atoms. The summed E-state index contributed by atoms with van der Waals surface area (Å²) >= 11 is 3.42. The second-order valence-corrected chi connectivity index (χ2v) is 6.35. The Morgan fingerprint density at radius 2 is 1.85 bits per heavy atom. The first-order valence-electron chi connectivity index (χ1n) is 7.14. The Morgan fingerprint density at radius 3 is 2.35 bits per heavy atom. The lowest BCUT2D eigenvalue weighted by molar-refractivity contribution is -0.121. The molecule has 1 aromatic rings. The molecule has 4 atom stereocenters. The highest BCUT2D eigenvalue weighted by atomic mass is 79.9. The number of carbonyl (C=O) groups excluding carboxylic acids is 1. The van der Waals surface area contributed by atoms with Crippen molar-refractivity contribution >= 4 is 27.5 Å². The van der Waals surface area contributed by atoms with Crippen LogP contribution in [0.5, 0.6) is 0 Å². The number of anilines is 1. The number of amides is 1. The van der Waals surface area contributed by atoms with Gasteiger partial charge in [-0.25, -0.2) is 0 Å². The number of hydrogen-bond donors (Lipinski definition) is 1. The zero-order valence-electron chi connectivity index (χ0n) is 12.2.